The molecule has 0 aliphatic rings. The summed E-state index contributed by atoms with van der Waals surface area (Å²) in [5, 5.41) is 0. The number of fused-ring (bicyclic) bond motifs is 1. The second kappa shape index (κ2) is 6.67. The lowest BCUT2D eigenvalue weighted by molar-refractivity contribution is 0.414. The Balaban J connectivity index is 1.71. The van der Waals surface area contributed by atoms with Crippen molar-refractivity contribution in [3.8, 4) is 17.1 Å². The number of nitrogens with zero attached hydrogens (tertiary/aromatic N) is 4. The Labute approximate surface area is 157 Å². The van der Waals surface area contributed by atoms with Crippen LogP contribution >= 0.6 is 34.7 Å². The van der Waals surface area contributed by atoms with Gasteiger partial charge < -0.3 is 4.74 Å². The van der Waals surface area contributed by atoms with E-state index in [-0.39, 0.29) is 0 Å². The topological polar surface area (TPSA) is 52.3 Å². The molecular weight excluding hydrogens is 376 g/mol. The van der Waals surface area contributed by atoms with Gasteiger partial charge in [0.15, 0.2) is 4.34 Å². The van der Waals surface area contributed by atoms with E-state index in [1.807, 2.05) is 47.9 Å². The van der Waals surface area contributed by atoms with Crippen LogP contribution in [0.15, 0.2) is 52.0 Å². The minimum absolute atomic E-state index is 0.642. The molecule has 4 aromatic rings. The van der Waals surface area contributed by atoms with Crippen LogP contribution in [0.2, 0.25) is 4.34 Å². The van der Waals surface area contributed by atoms with Crippen LogP contribution in [0.3, 0.4) is 0 Å². The van der Waals surface area contributed by atoms with Crippen LogP contribution in [0.5, 0.6) is 5.75 Å². The summed E-state index contributed by atoms with van der Waals surface area (Å²) >= 11 is 9.52. The van der Waals surface area contributed by atoms with E-state index in [1.165, 1.54) is 11.3 Å². The van der Waals surface area contributed by atoms with Gasteiger partial charge in [-0.1, -0.05) is 34.7 Å². The smallest absolute Gasteiger partial charge is 0.234 e. The van der Waals surface area contributed by atoms with Crippen LogP contribution in [0, 0.1) is 6.92 Å². The quantitative estimate of drug-likeness (QED) is 0.493. The van der Waals surface area contributed by atoms with Gasteiger partial charge in [-0.05, 0) is 37.3 Å². The number of benzene rings is 1. The zero-order valence-electron chi connectivity index (χ0n) is 13.4. The summed E-state index contributed by atoms with van der Waals surface area (Å²) in [6.07, 6.45) is 3.64. The molecular formula is C17H13ClN4OS2. The fourth-order valence-corrected chi connectivity index (χ4v) is 4.83. The van der Waals surface area contributed by atoms with Gasteiger partial charge in [0.05, 0.1) is 18.5 Å². The first-order valence-electron chi connectivity index (χ1n) is 7.44. The molecule has 0 bridgehead atoms. The third-order valence-corrected chi connectivity index (χ3v) is 5.96. The third kappa shape index (κ3) is 3.10. The van der Waals surface area contributed by atoms with E-state index in [9.17, 15) is 0 Å². The molecule has 0 atom stereocenters. The highest BCUT2D eigenvalue weighted by Crippen LogP contribution is 2.40. The first-order chi connectivity index (χ1) is 12.2. The zero-order chi connectivity index (χ0) is 17.4. The molecule has 3 aromatic heterocycles. The summed E-state index contributed by atoms with van der Waals surface area (Å²) in [6, 6.07) is 9.73. The molecule has 4 rings (SSSR count). The number of halogens is 1. The highest BCUT2D eigenvalue weighted by atomic mass is 35.5. The molecule has 3 heterocycles. The molecule has 5 nitrogen and oxygen atoms in total. The fourth-order valence-electron chi connectivity index (χ4n) is 2.50. The second-order valence-electron chi connectivity index (χ2n) is 5.22. The zero-order valence-corrected chi connectivity index (χ0v) is 15.8. The highest BCUT2D eigenvalue weighted by Gasteiger charge is 2.19. The van der Waals surface area contributed by atoms with Gasteiger partial charge in [-0.25, -0.2) is 15.0 Å². The van der Waals surface area contributed by atoms with Crippen molar-refractivity contribution in [2.45, 2.75) is 16.2 Å². The van der Waals surface area contributed by atoms with E-state index < -0.39 is 0 Å². The maximum atomic E-state index is 6.48. The number of hydrogen-bond donors (Lipinski definition) is 0. The van der Waals surface area contributed by atoms with Gasteiger partial charge in [-0.15, -0.1) is 0 Å². The Morgan fingerprint density at radius 2 is 2.00 bits per heavy atom. The number of methoxy groups -OCH3 is 1. The van der Waals surface area contributed by atoms with Crippen molar-refractivity contribution >= 4 is 40.5 Å². The summed E-state index contributed by atoms with van der Waals surface area (Å²) in [7, 11) is 1.65. The summed E-state index contributed by atoms with van der Waals surface area (Å²) in [6.45, 7) is 1.94. The number of aryl methyl sites for hydroxylation is 1. The van der Waals surface area contributed by atoms with Crippen molar-refractivity contribution in [1.82, 2.24) is 19.4 Å². The van der Waals surface area contributed by atoms with Crippen LogP contribution in [0.1, 0.15) is 5.69 Å². The SMILES string of the molecule is COc1ccc(Sc2nc(-c3c(C)nc4ncccn34)c(Cl)s2)cc1. The highest BCUT2D eigenvalue weighted by molar-refractivity contribution is 8.01. The molecule has 126 valence electrons. The lowest BCUT2D eigenvalue weighted by Gasteiger charge is -2.01. The van der Waals surface area contributed by atoms with Crippen molar-refractivity contribution < 1.29 is 4.74 Å². The van der Waals surface area contributed by atoms with Crippen LogP contribution in [-0.4, -0.2) is 26.5 Å². The van der Waals surface area contributed by atoms with E-state index in [2.05, 4.69) is 9.97 Å². The van der Waals surface area contributed by atoms with Crippen LogP contribution in [0.4, 0.5) is 0 Å². The van der Waals surface area contributed by atoms with Gasteiger partial charge >= 0.3 is 0 Å². The molecule has 0 saturated heterocycles. The molecule has 0 unspecified atom stereocenters. The molecule has 0 spiro atoms. The number of imidazole rings is 1. The average Bonchev–Trinajstić information content (AvgIpc) is 3.13. The number of ether oxygens (including phenoxy) is 1. The van der Waals surface area contributed by atoms with E-state index in [4.69, 9.17) is 21.3 Å². The normalized spacial score (nSPS) is 11.2. The Hall–Kier alpha value is -2.09. The van der Waals surface area contributed by atoms with E-state index in [1.54, 1.807) is 25.1 Å². The summed E-state index contributed by atoms with van der Waals surface area (Å²) in [4.78, 5) is 14.6. The Bertz CT molecular complexity index is 1040. The number of hydrogen-bond acceptors (Lipinski definition) is 6. The number of rotatable bonds is 4. The first kappa shape index (κ1) is 16.4. The molecule has 0 aliphatic heterocycles. The fraction of sp³-hybridized carbons (Fsp3) is 0.118. The molecule has 25 heavy (non-hydrogen) atoms. The second-order valence-corrected chi connectivity index (χ2v) is 8.14. The monoisotopic (exact) mass is 388 g/mol. The maximum Gasteiger partial charge on any atom is 0.234 e. The predicted molar refractivity (Wildman–Crippen MR) is 101 cm³/mol. The van der Waals surface area contributed by atoms with Crippen molar-refractivity contribution in [3.63, 3.8) is 0 Å². The van der Waals surface area contributed by atoms with E-state index in [0.29, 0.717) is 10.1 Å². The minimum atomic E-state index is 0.642. The molecule has 1 aromatic carbocycles. The Morgan fingerprint density at radius 1 is 1.20 bits per heavy atom. The van der Waals surface area contributed by atoms with Gasteiger partial charge in [-0.3, -0.25) is 4.40 Å². The summed E-state index contributed by atoms with van der Waals surface area (Å²) < 4.78 is 8.62. The van der Waals surface area contributed by atoms with Crippen LogP contribution in [0.25, 0.3) is 17.2 Å². The molecule has 0 amide bonds. The van der Waals surface area contributed by atoms with Crippen molar-refractivity contribution in [2.75, 3.05) is 7.11 Å². The van der Waals surface area contributed by atoms with Crippen LogP contribution in [-0.2, 0) is 0 Å². The molecule has 8 heteroatoms. The third-order valence-electron chi connectivity index (χ3n) is 3.63. The lowest BCUT2D eigenvalue weighted by atomic mass is 10.3. The minimum Gasteiger partial charge on any atom is -0.497 e. The molecule has 0 aliphatic carbocycles. The Morgan fingerprint density at radius 3 is 2.76 bits per heavy atom. The van der Waals surface area contributed by atoms with Gasteiger partial charge in [0.25, 0.3) is 0 Å². The summed E-state index contributed by atoms with van der Waals surface area (Å²) in [5.74, 6) is 1.47. The predicted octanol–water partition coefficient (Wildman–Crippen LogP) is 4.97. The summed E-state index contributed by atoms with van der Waals surface area (Å²) in [5.41, 5.74) is 2.47. The molecule has 0 radical (unpaired) electrons. The van der Waals surface area contributed by atoms with E-state index in [0.717, 1.165) is 32.1 Å². The van der Waals surface area contributed by atoms with Gasteiger partial charge in [0, 0.05) is 17.3 Å². The lowest BCUT2D eigenvalue weighted by Crippen LogP contribution is -1.91. The number of aromatic nitrogens is 4. The Kier molecular flexibility index (Phi) is 4.37. The van der Waals surface area contributed by atoms with Crippen molar-refractivity contribution in [1.29, 1.82) is 0 Å². The van der Waals surface area contributed by atoms with Gasteiger partial charge in [0.2, 0.25) is 5.78 Å². The van der Waals surface area contributed by atoms with E-state index >= 15 is 0 Å². The molecule has 0 saturated carbocycles. The standard InChI is InChI=1S/C17H13ClN4OS2/c1-10-14(22-9-3-8-19-16(22)20-10)13-15(18)25-17(21-13)24-12-6-4-11(23-2)5-7-12/h3-9H,1-2H3. The molecule has 0 N–H and O–H groups in total. The van der Waals surface area contributed by atoms with Crippen LogP contribution < -0.4 is 4.74 Å². The van der Waals surface area contributed by atoms with Crippen molar-refractivity contribution in [3.05, 3.63) is 52.8 Å². The first-order valence-corrected chi connectivity index (χ1v) is 9.45. The number of thiazole rings is 1. The average molecular weight is 389 g/mol. The maximum absolute atomic E-state index is 6.48. The van der Waals surface area contributed by atoms with Gasteiger partial charge in [-0.2, -0.15) is 0 Å². The molecule has 0 fully saturated rings. The largest absolute Gasteiger partial charge is 0.497 e. The van der Waals surface area contributed by atoms with Gasteiger partial charge in [0.1, 0.15) is 15.8 Å². The van der Waals surface area contributed by atoms with Crippen molar-refractivity contribution in [2.24, 2.45) is 0 Å².